The molecule has 0 radical (unpaired) electrons. The van der Waals surface area contributed by atoms with Crippen LogP contribution in [-0.4, -0.2) is 9.55 Å². The summed E-state index contributed by atoms with van der Waals surface area (Å²) in [5.74, 6) is 3.10. The van der Waals surface area contributed by atoms with Crippen molar-refractivity contribution in [3.05, 3.63) is 49.8 Å². The van der Waals surface area contributed by atoms with Crippen molar-refractivity contribution in [1.82, 2.24) is 9.55 Å². The maximum atomic E-state index is 12.7. The SMILES string of the molecule is C#CCn1c(C)nc2scc(-c3ccc(Cl)c(Cl)c3)c2c1=O. The number of aromatic nitrogens is 2. The van der Waals surface area contributed by atoms with Crippen LogP contribution in [-0.2, 0) is 6.54 Å². The Labute approximate surface area is 141 Å². The topological polar surface area (TPSA) is 34.9 Å². The maximum absolute atomic E-state index is 12.7. The Bertz CT molecular complexity index is 982. The van der Waals surface area contributed by atoms with E-state index in [2.05, 4.69) is 10.9 Å². The van der Waals surface area contributed by atoms with Crippen LogP contribution in [0.3, 0.4) is 0 Å². The van der Waals surface area contributed by atoms with Crippen LogP contribution in [0.25, 0.3) is 21.3 Å². The second-order valence-electron chi connectivity index (χ2n) is 4.71. The number of nitrogens with zero attached hydrogens (tertiary/aromatic N) is 2. The molecule has 0 saturated heterocycles. The van der Waals surface area contributed by atoms with E-state index in [-0.39, 0.29) is 12.1 Å². The minimum absolute atomic E-state index is 0.136. The Hall–Kier alpha value is -1.80. The zero-order valence-corrected chi connectivity index (χ0v) is 13.9. The van der Waals surface area contributed by atoms with E-state index >= 15 is 0 Å². The third-order valence-corrected chi connectivity index (χ3v) is 4.98. The zero-order valence-electron chi connectivity index (χ0n) is 11.6. The van der Waals surface area contributed by atoms with Gasteiger partial charge in [0.15, 0.2) is 0 Å². The van der Waals surface area contributed by atoms with E-state index in [0.717, 1.165) is 11.1 Å². The molecule has 2 heterocycles. The molecule has 6 heteroatoms. The lowest BCUT2D eigenvalue weighted by atomic mass is 10.1. The molecule has 0 aliphatic rings. The lowest BCUT2D eigenvalue weighted by Crippen LogP contribution is -2.23. The van der Waals surface area contributed by atoms with Crippen molar-refractivity contribution in [1.29, 1.82) is 0 Å². The van der Waals surface area contributed by atoms with Crippen LogP contribution < -0.4 is 5.56 Å². The normalized spacial score (nSPS) is 10.8. The van der Waals surface area contributed by atoms with Gasteiger partial charge >= 0.3 is 0 Å². The number of thiophene rings is 1. The molecule has 0 amide bonds. The molecule has 1 aromatic carbocycles. The third kappa shape index (κ3) is 2.42. The average Bonchev–Trinajstić information content (AvgIpc) is 2.90. The van der Waals surface area contributed by atoms with Gasteiger partial charge in [-0.3, -0.25) is 9.36 Å². The fourth-order valence-electron chi connectivity index (χ4n) is 2.28. The molecule has 0 fully saturated rings. The van der Waals surface area contributed by atoms with Crippen LogP contribution in [0.1, 0.15) is 5.82 Å². The van der Waals surface area contributed by atoms with Gasteiger partial charge in [-0.25, -0.2) is 4.98 Å². The van der Waals surface area contributed by atoms with Crippen molar-refractivity contribution in [2.75, 3.05) is 0 Å². The number of terminal acetylenes is 1. The Morgan fingerprint density at radius 2 is 2.14 bits per heavy atom. The van der Waals surface area contributed by atoms with E-state index in [1.165, 1.54) is 15.9 Å². The van der Waals surface area contributed by atoms with E-state index < -0.39 is 0 Å². The number of rotatable bonds is 2. The van der Waals surface area contributed by atoms with Crippen molar-refractivity contribution >= 4 is 44.8 Å². The van der Waals surface area contributed by atoms with Crippen molar-refractivity contribution in [2.45, 2.75) is 13.5 Å². The van der Waals surface area contributed by atoms with Crippen LogP contribution >= 0.6 is 34.5 Å². The standard InChI is InChI=1S/C16H10Cl2N2OS/c1-3-6-20-9(2)19-15-14(16(20)21)11(8-22-15)10-4-5-12(17)13(18)7-10/h1,4-5,7-8H,6H2,2H3. The first-order valence-corrected chi connectivity index (χ1v) is 8.04. The van der Waals surface area contributed by atoms with E-state index in [1.54, 1.807) is 19.1 Å². The van der Waals surface area contributed by atoms with Gasteiger partial charge in [-0.2, -0.15) is 0 Å². The predicted molar refractivity (Wildman–Crippen MR) is 92.9 cm³/mol. The molecule has 0 N–H and O–H groups in total. The van der Waals surface area contributed by atoms with Crippen LogP contribution in [0, 0.1) is 19.3 Å². The minimum atomic E-state index is -0.136. The van der Waals surface area contributed by atoms with Crippen molar-refractivity contribution in [3.63, 3.8) is 0 Å². The lowest BCUT2D eigenvalue weighted by molar-refractivity contribution is 0.743. The van der Waals surface area contributed by atoms with Gasteiger partial charge in [0.25, 0.3) is 5.56 Å². The average molecular weight is 349 g/mol. The van der Waals surface area contributed by atoms with Crippen LogP contribution in [0.15, 0.2) is 28.4 Å². The number of hydrogen-bond acceptors (Lipinski definition) is 3. The molecule has 0 bridgehead atoms. The lowest BCUT2D eigenvalue weighted by Gasteiger charge is -2.07. The molecule has 0 aliphatic carbocycles. The van der Waals surface area contributed by atoms with Crippen LogP contribution in [0.5, 0.6) is 0 Å². The first-order valence-electron chi connectivity index (χ1n) is 6.40. The maximum Gasteiger partial charge on any atom is 0.263 e. The molecular formula is C16H10Cl2N2OS. The number of halogens is 2. The molecule has 0 unspecified atom stereocenters. The van der Waals surface area contributed by atoms with Gasteiger partial charge in [-0.1, -0.05) is 35.2 Å². The van der Waals surface area contributed by atoms with Crippen molar-refractivity contribution < 1.29 is 0 Å². The van der Waals surface area contributed by atoms with Crippen molar-refractivity contribution in [2.24, 2.45) is 0 Å². The third-order valence-electron chi connectivity index (χ3n) is 3.36. The summed E-state index contributed by atoms with van der Waals surface area (Å²) in [6.45, 7) is 1.97. The largest absolute Gasteiger partial charge is 0.284 e. The fraction of sp³-hybridized carbons (Fsp3) is 0.125. The summed E-state index contributed by atoms with van der Waals surface area (Å²) in [4.78, 5) is 17.9. The summed E-state index contributed by atoms with van der Waals surface area (Å²) in [5, 5.41) is 3.38. The molecular weight excluding hydrogens is 339 g/mol. The molecule has 0 atom stereocenters. The molecule has 22 heavy (non-hydrogen) atoms. The first kappa shape index (κ1) is 15.1. The summed E-state index contributed by atoms with van der Waals surface area (Å²) in [5.41, 5.74) is 1.49. The Morgan fingerprint density at radius 1 is 1.36 bits per heavy atom. The number of fused-ring (bicyclic) bond motifs is 1. The first-order chi connectivity index (χ1) is 10.5. The van der Waals surface area contributed by atoms with Gasteiger partial charge < -0.3 is 0 Å². The number of aryl methyl sites for hydroxylation is 1. The van der Waals surface area contributed by atoms with E-state index in [1.807, 2.05) is 11.4 Å². The highest BCUT2D eigenvalue weighted by Gasteiger charge is 2.15. The van der Waals surface area contributed by atoms with Gasteiger partial charge in [-0.15, -0.1) is 17.8 Å². The summed E-state index contributed by atoms with van der Waals surface area (Å²) < 4.78 is 1.50. The Kier molecular flexibility index (Phi) is 3.96. The van der Waals surface area contributed by atoms with E-state index in [0.29, 0.717) is 26.1 Å². The van der Waals surface area contributed by atoms with Gasteiger partial charge in [0.05, 0.1) is 22.0 Å². The quantitative estimate of drug-likeness (QED) is 0.644. The number of hydrogen-bond donors (Lipinski definition) is 0. The Morgan fingerprint density at radius 3 is 2.82 bits per heavy atom. The summed E-state index contributed by atoms with van der Waals surface area (Å²) >= 11 is 13.4. The van der Waals surface area contributed by atoms with E-state index in [4.69, 9.17) is 29.6 Å². The second-order valence-corrected chi connectivity index (χ2v) is 6.39. The number of benzene rings is 1. The molecule has 0 saturated carbocycles. The highest BCUT2D eigenvalue weighted by Crippen LogP contribution is 2.34. The van der Waals surface area contributed by atoms with Gasteiger partial charge in [0, 0.05) is 10.9 Å². The molecule has 3 rings (SSSR count). The molecule has 0 aliphatic heterocycles. The monoisotopic (exact) mass is 348 g/mol. The smallest absolute Gasteiger partial charge is 0.263 e. The molecule has 3 nitrogen and oxygen atoms in total. The molecule has 110 valence electrons. The molecule has 2 aromatic heterocycles. The summed E-state index contributed by atoms with van der Waals surface area (Å²) in [6.07, 6.45) is 5.34. The van der Waals surface area contributed by atoms with Gasteiger partial charge in [0.2, 0.25) is 0 Å². The Balaban J connectivity index is 2.32. The predicted octanol–water partition coefficient (Wildman–Crippen LogP) is 4.37. The van der Waals surface area contributed by atoms with Crippen LogP contribution in [0.4, 0.5) is 0 Å². The van der Waals surface area contributed by atoms with Gasteiger partial charge in [-0.05, 0) is 24.6 Å². The summed E-state index contributed by atoms with van der Waals surface area (Å²) in [7, 11) is 0. The highest BCUT2D eigenvalue weighted by atomic mass is 35.5. The van der Waals surface area contributed by atoms with Gasteiger partial charge in [0.1, 0.15) is 10.7 Å². The second kappa shape index (κ2) is 5.77. The van der Waals surface area contributed by atoms with Crippen molar-refractivity contribution in [3.8, 4) is 23.5 Å². The van der Waals surface area contributed by atoms with E-state index in [9.17, 15) is 4.79 Å². The molecule has 3 aromatic rings. The zero-order chi connectivity index (χ0) is 15.9. The highest BCUT2D eigenvalue weighted by molar-refractivity contribution is 7.17. The minimum Gasteiger partial charge on any atom is -0.284 e. The van der Waals surface area contributed by atoms with Crippen LogP contribution in [0.2, 0.25) is 10.0 Å². The fourth-order valence-corrected chi connectivity index (χ4v) is 3.56. The molecule has 0 spiro atoms. The summed E-state index contributed by atoms with van der Waals surface area (Å²) in [6, 6.07) is 5.29.